The highest BCUT2D eigenvalue weighted by molar-refractivity contribution is 6.25. The van der Waals surface area contributed by atoms with Gasteiger partial charge in [-0.3, -0.25) is 4.79 Å². The monoisotopic (exact) mass is 212 g/mol. The number of fused-ring (bicyclic) bond motifs is 3. The van der Waals surface area contributed by atoms with E-state index in [1.807, 2.05) is 6.92 Å². The smallest absolute Gasteiger partial charge is 0.323 e. The van der Waals surface area contributed by atoms with Crippen molar-refractivity contribution in [2.75, 3.05) is 19.8 Å². The van der Waals surface area contributed by atoms with Crippen molar-refractivity contribution in [1.29, 1.82) is 0 Å². The van der Waals surface area contributed by atoms with Crippen molar-refractivity contribution in [1.82, 2.24) is 0 Å². The lowest BCUT2D eigenvalue weighted by atomic mass is 9.91. The summed E-state index contributed by atoms with van der Waals surface area (Å²) in [5, 5.41) is 0. The van der Waals surface area contributed by atoms with Gasteiger partial charge in [-0.05, 0) is 0 Å². The van der Waals surface area contributed by atoms with E-state index in [1.165, 1.54) is 0 Å². The van der Waals surface area contributed by atoms with E-state index in [4.69, 9.17) is 19.7 Å². The lowest BCUT2D eigenvalue weighted by Crippen LogP contribution is -2.59. The van der Waals surface area contributed by atoms with E-state index < -0.39 is 11.8 Å². The summed E-state index contributed by atoms with van der Waals surface area (Å²) in [5.41, 5.74) is 8.08. The van der Waals surface area contributed by atoms with E-state index in [-0.39, 0.29) is 11.8 Å². The van der Waals surface area contributed by atoms with Gasteiger partial charge in [-0.15, -0.1) is 0 Å². The van der Waals surface area contributed by atoms with Crippen molar-refractivity contribution in [3.05, 3.63) is 5.53 Å². The predicted octanol–water partition coefficient (Wildman–Crippen LogP) is -0.0167. The van der Waals surface area contributed by atoms with E-state index in [0.29, 0.717) is 19.8 Å². The molecule has 15 heavy (non-hydrogen) atoms. The Kier molecular flexibility index (Phi) is 2.44. The highest BCUT2D eigenvalue weighted by atomic mass is 16.9. The molecule has 0 radical (unpaired) electrons. The van der Waals surface area contributed by atoms with Crippen molar-refractivity contribution >= 4 is 12.0 Å². The molecule has 3 aliphatic heterocycles. The molecule has 3 saturated heterocycles. The van der Waals surface area contributed by atoms with Gasteiger partial charge in [0.1, 0.15) is 0 Å². The number of carbonyl (C=O) groups excluding carboxylic acids is 1. The van der Waals surface area contributed by atoms with Gasteiger partial charge < -0.3 is 19.7 Å². The van der Waals surface area contributed by atoms with Gasteiger partial charge in [-0.25, -0.2) is 0 Å². The van der Waals surface area contributed by atoms with Crippen molar-refractivity contribution in [2.45, 2.75) is 19.3 Å². The first-order valence-corrected chi connectivity index (χ1v) is 4.70. The van der Waals surface area contributed by atoms with Crippen LogP contribution < -0.4 is 0 Å². The zero-order chi connectivity index (χ0) is 10.9. The van der Waals surface area contributed by atoms with Gasteiger partial charge in [0, 0.05) is 5.41 Å². The maximum absolute atomic E-state index is 11.2. The topological polar surface area (TPSA) is 81.2 Å². The van der Waals surface area contributed by atoms with Crippen LogP contribution in [0.15, 0.2) is 0 Å². The molecule has 0 aromatic carbocycles. The SMILES string of the molecule is CC12COC(CC(=O)C=[N+]=[N-])(OC1)OC2. The summed E-state index contributed by atoms with van der Waals surface area (Å²) in [7, 11) is 0. The summed E-state index contributed by atoms with van der Waals surface area (Å²) in [6.07, 6.45) is 0.723. The van der Waals surface area contributed by atoms with Gasteiger partial charge in [-0.1, -0.05) is 6.92 Å². The van der Waals surface area contributed by atoms with Gasteiger partial charge >= 0.3 is 6.21 Å². The molecule has 3 aliphatic rings. The summed E-state index contributed by atoms with van der Waals surface area (Å²) < 4.78 is 16.1. The predicted molar refractivity (Wildman–Crippen MR) is 48.0 cm³/mol. The Morgan fingerprint density at radius 1 is 1.40 bits per heavy atom. The van der Waals surface area contributed by atoms with E-state index in [1.54, 1.807) is 0 Å². The first-order chi connectivity index (χ1) is 7.08. The Morgan fingerprint density at radius 2 is 1.93 bits per heavy atom. The highest BCUT2D eigenvalue weighted by Gasteiger charge is 2.51. The second kappa shape index (κ2) is 3.50. The molecule has 0 aromatic heterocycles. The van der Waals surface area contributed by atoms with Crippen LogP contribution in [0.5, 0.6) is 0 Å². The molecule has 2 bridgehead atoms. The van der Waals surface area contributed by atoms with Crippen molar-refractivity contribution in [2.24, 2.45) is 5.41 Å². The van der Waals surface area contributed by atoms with Crippen LogP contribution in [-0.2, 0) is 19.0 Å². The first kappa shape index (κ1) is 10.4. The van der Waals surface area contributed by atoms with Gasteiger partial charge in [0.05, 0.1) is 26.2 Å². The third-order valence-corrected chi connectivity index (χ3v) is 2.51. The van der Waals surface area contributed by atoms with Crippen molar-refractivity contribution in [3.63, 3.8) is 0 Å². The third-order valence-electron chi connectivity index (χ3n) is 2.51. The van der Waals surface area contributed by atoms with Crippen LogP contribution in [0.1, 0.15) is 13.3 Å². The molecule has 0 saturated carbocycles. The second-order valence-electron chi connectivity index (χ2n) is 4.25. The largest absolute Gasteiger partial charge is 0.361 e. The van der Waals surface area contributed by atoms with Gasteiger partial charge in [-0.2, -0.15) is 4.79 Å². The molecular formula is C9H12N2O4. The Morgan fingerprint density at radius 3 is 2.40 bits per heavy atom. The van der Waals surface area contributed by atoms with E-state index in [2.05, 4.69) is 4.79 Å². The van der Waals surface area contributed by atoms with Gasteiger partial charge in [0.2, 0.25) is 5.78 Å². The summed E-state index contributed by atoms with van der Waals surface area (Å²) in [5.74, 6) is -1.67. The Hall–Kier alpha value is -1.07. The van der Waals surface area contributed by atoms with Crippen LogP contribution in [0.3, 0.4) is 0 Å². The summed E-state index contributed by atoms with van der Waals surface area (Å²) in [4.78, 5) is 13.9. The fourth-order valence-corrected chi connectivity index (χ4v) is 1.58. The molecule has 3 rings (SSSR count). The lowest BCUT2D eigenvalue weighted by molar-refractivity contribution is -0.463. The maximum Gasteiger partial charge on any atom is 0.323 e. The van der Waals surface area contributed by atoms with Gasteiger partial charge in [0.25, 0.3) is 5.97 Å². The van der Waals surface area contributed by atoms with Gasteiger partial charge in [0.15, 0.2) is 0 Å². The number of ketones is 1. The van der Waals surface area contributed by atoms with E-state index in [0.717, 1.165) is 6.21 Å². The fourth-order valence-electron chi connectivity index (χ4n) is 1.58. The normalized spacial score (nSPS) is 38.5. The molecule has 6 heteroatoms. The maximum atomic E-state index is 11.2. The minimum Gasteiger partial charge on any atom is -0.361 e. The molecule has 3 heterocycles. The lowest BCUT2D eigenvalue weighted by Gasteiger charge is -2.49. The van der Waals surface area contributed by atoms with Crippen LogP contribution in [-0.4, -0.2) is 42.6 Å². The molecule has 0 amide bonds. The minimum absolute atomic E-state index is 0.0901. The summed E-state index contributed by atoms with van der Waals surface area (Å²) in [6, 6.07) is 0. The molecule has 0 spiro atoms. The standard InChI is InChI=1S/C9H12N2O4/c1-8-4-13-9(14-5-8,15-6-8)2-7(12)3-11-10/h3H,2,4-6H2,1H3. The molecule has 0 unspecified atom stereocenters. The van der Waals surface area contributed by atoms with Crippen LogP contribution in [0.25, 0.3) is 5.53 Å². The minimum atomic E-state index is -1.27. The zero-order valence-corrected chi connectivity index (χ0v) is 8.43. The third kappa shape index (κ3) is 1.98. The average molecular weight is 212 g/mol. The number of Topliss-reactive ketones (excluding diaryl/α,β-unsaturated/α-hetero) is 1. The van der Waals surface area contributed by atoms with Crippen molar-refractivity contribution in [3.8, 4) is 0 Å². The number of nitrogens with zero attached hydrogens (tertiary/aromatic N) is 2. The van der Waals surface area contributed by atoms with Crippen LogP contribution >= 0.6 is 0 Å². The van der Waals surface area contributed by atoms with E-state index in [9.17, 15) is 4.79 Å². The summed E-state index contributed by atoms with van der Waals surface area (Å²) >= 11 is 0. The number of carbonyl (C=O) groups is 1. The Labute approximate surface area is 86.7 Å². The summed E-state index contributed by atoms with van der Waals surface area (Å²) in [6.45, 7) is 3.52. The zero-order valence-electron chi connectivity index (χ0n) is 8.43. The fraction of sp³-hybridized carbons (Fsp3) is 0.778. The first-order valence-electron chi connectivity index (χ1n) is 4.70. The molecule has 6 nitrogen and oxygen atoms in total. The van der Waals surface area contributed by atoms with Crippen LogP contribution in [0, 0.1) is 5.41 Å². The molecular weight excluding hydrogens is 200 g/mol. The molecule has 0 aromatic rings. The second-order valence-corrected chi connectivity index (χ2v) is 4.25. The number of hydrogen-bond acceptors (Lipinski definition) is 4. The van der Waals surface area contributed by atoms with Crippen LogP contribution in [0.4, 0.5) is 0 Å². The molecule has 82 valence electrons. The van der Waals surface area contributed by atoms with Crippen LogP contribution in [0.2, 0.25) is 0 Å². The molecule has 0 atom stereocenters. The number of hydrogen-bond donors (Lipinski definition) is 0. The molecule has 0 N–H and O–H groups in total. The quantitative estimate of drug-likeness (QED) is 0.374. The number of ether oxygens (including phenoxy) is 3. The van der Waals surface area contributed by atoms with Crippen molar-refractivity contribution < 1.29 is 23.8 Å². The Balaban J connectivity index is 2.03. The Bertz CT molecular complexity index is 310. The molecule has 0 aliphatic carbocycles. The van der Waals surface area contributed by atoms with E-state index >= 15 is 0 Å². The highest BCUT2D eigenvalue weighted by Crippen LogP contribution is 2.39. The average Bonchev–Trinajstić information content (AvgIpc) is 2.21. The molecule has 3 fully saturated rings. The number of rotatable bonds is 3.